The van der Waals surface area contributed by atoms with Crippen LogP contribution in [0.2, 0.25) is 0 Å². The van der Waals surface area contributed by atoms with E-state index in [9.17, 15) is 9.18 Å². The molecule has 1 aromatic rings. The van der Waals surface area contributed by atoms with Crippen LogP contribution in [0.25, 0.3) is 0 Å². The molecule has 0 radical (unpaired) electrons. The molecule has 1 amide bonds. The monoisotopic (exact) mass is 322 g/mol. The third kappa shape index (κ3) is 2.75. The van der Waals surface area contributed by atoms with Gasteiger partial charge in [-0.2, -0.15) is 0 Å². The van der Waals surface area contributed by atoms with Crippen molar-refractivity contribution in [2.75, 3.05) is 19.8 Å². The van der Waals surface area contributed by atoms with Gasteiger partial charge in [0.05, 0.1) is 12.3 Å². The van der Waals surface area contributed by atoms with Gasteiger partial charge in [-0.25, -0.2) is 9.07 Å². The highest BCUT2D eigenvalue weighted by molar-refractivity contribution is 5.88. The number of hydrogen-bond acceptors (Lipinski definition) is 4. The number of alkyl halides is 1. The molecule has 2 heterocycles. The Labute approximate surface area is 135 Å². The highest BCUT2D eigenvalue weighted by Gasteiger charge is 2.54. The van der Waals surface area contributed by atoms with Gasteiger partial charge in [-0.05, 0) is 38.5 Å². The lowest BCUT2D eigenvalue weighted by Gasteiger charge is -2.35. The van der Waals surface area contributed by atoms with Crippen LogP contribution >= 0.6 is 0 Å². The Kier molecular flexibility index (Phi) is 3.63. The summed E-state index contributed by atoms with van der Waals surface area (Å²) in [5.74, 6) is 0.263. The van der Waals surface area contributed by atoms with Gasteiger partial charge in [0.1, 0.15) is 11.7 Å². The van der Waals surface area contributed by atoms with Crippen LogP contribution in [0.3, 0.4) is 0 Å². The van der Waals surface area contributed by atoms with E-state index in [-0.39, 0.29) is 6.04 Å². The smallest absolute Gasteiger partial charge is 0.260 e. The second kappa shape index (κ2) is 5.54. The molecule has 23 heavy (non-hydrogen) atoms. The van der Waals surface area contributed by atoms with Crippen molar-refractivity contribution >= 4 is 5.91 Å². The zero-order valence-corrected chi connectivity index (χ0v) is 13.5. The van der Waals surface area contributed by atoms with Gasteiger partial charge in [0.15, 0.2) is 5.67 Å². The second-order valence-electron chi connectivity index (χ2n) is 6.95. The normalized spacial score (nSPS) is 25.3. The lowest BCUT2D eigenvalue weighted by Crippen LogP contribution is -2.46. The second-order valence-corrected chi connectivity index (χ2v) is 6.95. The standard InChI is InChI=1S/C16H23FN4O2/c1-2-21-12-5-8-20(15(22)16(17)6-7-16)13(14(12)18-19-21)10-23-9-11-3-4-11/h11,13H,2-10H2,1H3. The van der Waals surface area contributed by atoms with E-state index < -0.39 is 11.6 Å². The van der Waals surface area contributed by atoms with Crippen molar-refractivity contribution in [3.05, 3.63) is 11.4 Å². The summed E-state index contributed by atoms with van der Waals surface area (Å²) < 4.78 is 22.0. The Bertz CT molecular complexity index is 609. The van der Waals surface area contributed by atoms with E-state index in [1.54, 1.807) is 4.90 Å². The molecule has 0 aromatic carbocycles. The fraction of sp³-hybridized carbons (Fsp3) is 0.812. The molecule has 1 aromatic heterocycles. The van der Waals surface area contributed by atoms with E-state index >= 15 is 0 Å². The summed E-state index contributed by atoms with van der Waals surface area (Å²) in [7, 11) is 0. The van der Waals surface area contributed by atoms with Gasteiger partial charge in [-0.1, -0.05) is 5.21 Å². The van der Waals surface area contributed by atoms with E-state index in [4.69, 9.17) is 4.74 Å². The molecule has 126 valence electrons. The van der Waals surface area contributed by atoms with Gasteiger partial charge < -0.3 is 9.64 Å². The van der Waals surface area contributed by atoms with Crippen LogP contribution in [-0.2, 0) is 22.5 Å². The molecule has 2 fully saturated rings. The van der Waals surface area contributed by atoms with Gasteiger partial charge in [-0.3, -0.25) is 4.79 Å². The molecular weight excluding hydrogens is 299 g/mol. The molecule has 0 bridgehead atoms. The molecule has 1 atom stereocenters. The molecule has 0 saturated heterocycles. The van der Waals surface area contributed by atoms with Crippen LogP contribution < -0.4 is 0 Å². The molecule has 1 aliphatic heterocycles. The van der Waals surface area contributed by atoms with Crippen molar-refractivity contribution in [2.24, 2.45) is 5.92 Å². The Balaban J connectivity index is 1.56. The first-order valence-corrected chi connectivity index (χ1v) is 8.62. The molecule has 0 spiro atoms. The number of halogens is 1. The van der Waals surface area contributed by atoms with E-state index in [0.29, 0.717) is 38.3 Å². The first kappa shape index (κ1) is 15.1. The van der Waals surface area contributed by atoms with Crippen LogP contribution in [0.15, 0.2) is 0 Å². The number of carbonyl (C=O) groups is 1. The van der Waals surface area contributed by atoms with Crippen molar-refractivity contribution in [3.8, 4) is 0 Å². The van der Waals surface area contributed by atoms with Gasteiger partial charge in [0, 0.05) is 26.1 Å². The summed E-state index contributed by atoms with van der Waals surface area (Å²) in [4.78, 5) is 14.2. The van der Waals surface area contributed by atoms with Crippen molar-refractivity contribution in [2.45, 2.75) is 57.3 Å². The Morgan fingerprint density at radius 1 is 1.39 bits per heavy atom. The number of amides is 1. The highest BCUT2D eigenvalue weighted by atomic mass is 19.1. The number of nitrogens with zero attached hydrogens (tertiary/aromatic N) is 4. The fourth-order valence-corrected chi connectivity index (χ4v) is 3.27. The van der Waals surface area contributed by atoms with Crippen molar-refractivity contribution in [1.82, 2.24) is 19.9 Å². The summed E-state index contributed by atoms with van der Waals surface area (Å²) in [6.07, 6.45) is 3.80. The maximum Gasteiger partial charge on any atom is 0.260 e. The van der Waals surface area contributed by atoms with Gasteiger partial charge >= 0.3 is 0 Å². The number of aryl methyl sites for hydroxylation is 1. The topological polar surface area (TPSA) is 60.2 Å². The third-order valence-electron chi connectivity index (χ3n) is 5.11. The predicted molar refractivity (Wildman–Crippen MR) is 80.5 cm³/mol. The molecular formula is C16H23FN4O2. The average molecular weight is 322 g/mol. The summed E-state index contributed by atoms with van der Waals surface area (Å²) >= 11 is 0. The van der Waals surface area contributed by atoms with Gasteiger partial charge in [0.2, 0.25) is 0 Å². The molecule has 4 rings (SSSR count). The average Bonchev–Trinajstić information content (AvgIpc) is 3.47. The molecule has 7 heteroatoms. The fourth-order valence-electron chi connectivity index (χ4n) is 3.27. The number of hydrogen-bond donors (Lipinski definition) is 0. The highest BCUT2D eigenvalue weighted by Crippen LogP contribution is 2.44. The van der Waals surface area contributed by atoms with Crippen LogP contribution in [0.4, 0.5) is 4.39 Å². The molecule has 2 aliphatic carbocycles. The Morgan fingerprint density at radius 2 is 2.17 bits per heavy atom. The largest absolute Gasteiger partial charge is 0.379 e. The third-order valence-corrected chi connectivity index (χ3v) is 5.11. The van der Waals surface area contributed by atoms with Crippen molar-refractivity contribution in [3.63, 3.8) is 0 Å². The molecule has 3 aliphatic rings. The van der Waals surface area contributed by atoms with Crippen molar-refractivity contribution < 1.29 is 13.9 Å². The van der Waals surface area contributed by atoms with E-state index in [0.717, 1.165) is 24.5 Å². The van der Waals surface area contributed by atoms with Crippen LogP contribution in [-0.4, -0.2) is 51.2 Å². The van der Waals surface area contributed by atoms with Gasteiger partial charge in [0.25, 0.3) is 5.91 Å². The minimum atomic E-state index is -1.65. The summed E-state index contributed by atoms with van der Waals surface area (Å²) in [6.45, 7) is 4.39. The quantitative estimate of drug-likeness (QED) is 0.799. The summed E-state index contributed by atoms with van der Waals surface area (Å²) in [6, 6.07) is -0.307. The molecule has 1 unspecified atom stereocenters. The number of ether oxygens (including phenoxy) is 1. The minimum absolute atomic E-state index is 0.307. The molecule has 6 nitrogen and oxygen atoms in total. The van der Waals surface area contributed by atoms with Crippen LogP contribution in [0.5, 0.6) is 0 Å². The van der Waals surface area contributed by atoms with Crippen molar-refractivity contribution in [1.29, 1.82) is 0 Å². The summed E-state index contributed by atoms with van der Waals surface area (Å²) in [5.41, 5.74) is 0.194. The Hall–Kier alpha value is -1.50. The molecule has 0 N–H and O–H groups in total. The van der Waals surface area contributed by atoms with E-state index in [1.807, 2.05) is 11.6 Å². The number of rotatable bonds is 6. The maximum atomic E-state index is 14.3. The minimum Gasteiger partial charge on any atom is -0.379 e. The number of aromatic nitrogens is 3. The van der Waals surface area contributed by atoms with E-state index in [2.05, 4.69) is 10.3 Å². The maximum absolute atomic E-state index is 14.3. The van der Waals surface area contributed by atoms with Crippen LogP contribution in [0, 0.1) is 5.92 Å². The first-order valence-electron chi connectivity index (χ1n) is 8.62. The van der Waals surface area contributed by atoms with Crippen LogP contribution in [0.1, 0.15) is 50.0 Å². The summed E-state index contributed by atoms with van der Waals surface area (Å²) in [5, 5.41) is 8.45. The SMILES string of the molecule is CCn1nnc2c1CCN(C(=O)C1(F)CC1)C2COCC1CC1. The van der Waals surface area contributed by atoms with E-state index in [1.165, 1.54) is 12.8 Å². The zero-order chi connectivity index (χ0) is 16.0. The zero-order valence-electron chi connectivity index (χ0n) is 13.5. The van der Waals surface area contributed by atoms with Gasteiger partial charge in [-0.15, -0.1) is 5.10 Å². The Morgan fingerprint density at radius 3 is 2.83 bits per heavy atom. The number of carbonyl (C=O) groups excluding carboxylic acids is 1. The lowest BCUT2D eigenvalue weighted by atomic mass is 10.0. The lowest BCUT2D eigenvalue weighted by molar-refractivity contribution is -0.143. The predicted octanol–water partition coefficient (Wildman–Crippen LogP) is 1.65. The number of fused-ring (bicyclic) bond motifs is 1. The molecule has 2 saturated carbocycles. The first-order chi connectivity index (χ1) is 11.1.